The lowest BCUT2D eigenvalue weighted by atomic mass is 10.1. The van der Waals surface area contributed by atoms with Crippen LogP contribution in [-0.4, -0.2) is 25.0 Å². The Morgan fingerprint density at radius 2 is 2.33 bits per heavy atom. The van der Waals surface area contributed by atoms with Crippen molar-refractivity contribution in [3.8, 4) is 0 Å². The number of nitrogens with zero attached hydrogens (tertiary/aromatic N) is 3. The van der Waals surface area contributed by atoms with E-state index in [9.17, 15) is 5.11 Å². The third-order valence-electron chi connectivity index (χ3n) is 2.15. The van der Waals surface area contributed by atoms with Crippen LogP contribution in [0.1, 0.15) is 30.6 Å². The molecule has 5 nitrogen and oxygen atoms in total. The molecule has 1 unspecified atom stereocenters. The summed E-state index contributed by atoms with van der Waals surface area (Å²) in [6, 6.07) is 0. The molecule has 2 N–H and O–H groups in total. The molecule has 0 saturated heterocycles. The van der Waals surface area contributed by atoms with E-state index in [2.05, 4.69) is 10.2 Å². The van der Waals surface area contributed by atoms with E-state index in [0.29, 0.717) is 11.6 Å². The van der Waals surface area contributed by atoms with Crippen molar-refractivity contribution < 1.29 is 10.2 Å². The number of rotatable bonds is 1. The van der Waals surface area contributed by atoms with Gasteiger partial charge in [-0.15, -0.1) is 10.2 Å². The molecular formula is C7H11N3O2. The molecule has 0 aliphatic carbocycles. The van der Waals surface area contributed by atoms with Crippen molar-refractivity contribution in [1.82, 2.24) is 14.8 Å². The van der Waals surface area contributed by atoms with Crippen LogP contribution in [0.2, 0.25) is 0 Å². The molecule has 0 spiro atoms. The highest BCUT2D eigenvalue weighted by Crippen LogP contribution is 2.23. The lowest BCUT2D eigenvalue weighted by molar-refractivity contribution is 0.131. The van der Waals surface area contributed by atoms with Crippen LogP contribution in [0.4, 0.5) is 0 Å². The molecule has 0 amide bonds. The fraction of sp³-hybridized carbons (Fsp3) is 0.714. The van der Waals surface area contributed by atoms with Gasteiger partial charge in [-0.05, 0) is 12.8 Å². The summed E-state index contributed by atoms with van der Waals surface area (Å²) in [4.78, 5) is 0. The standard InChI is InChI=1S/C7H11N3O2/c11-4-6-8-9-7-5(12)2-1-3-10(6)7/h5,11-12H,1-4H2. The largest absolute Gasteiger partial charge is 0.388 e. The highest BCUT2D eigenvalue weighted by atomic mass is 16.3. The average molecular weight is 169 g/mol. The van der Waals surface area contributed by atoms with Crippen LogP contribution in [-0.2, 0) is 13.2 Å². The summed E-state index contributed by atoms with van der Waals surface area (Å²) < 4.78 is 1.79. The smallest absolute Gasteiger partial charge is 0.162 e. The summed E-state index contributed by atoms with van der Waals surface area (Å²) in [6.07, 6.45) is 1.15. The highest BCUT2D eigenvalue weighted by molar-refractivity contribution is 5.00. The van der Waals surface area contributed by atoms with E-state index in [1.165, 1.54) is 0 Å². The summed E-state index contributed by atoms with van der Waals surface area (Å²) in [5, 5.41) is 25.9. The van der Waals surface area contributed by atoms with E-state index >= 15 is 0 Å². The van der Waals surface area contributed by atoms with Crippen molar-refractivity contribution >= 4 is 0 Å². The predicted molar refractivity (Wildman–Crippen MR) is 40.1 cm³/mol. The molecule has 1 aromatic rings. The Hall–Kier alpha value is -0.940. The summed E-state index contributed by atoms with van der Waals surface area (Å²) in [5.74, 6) is 1.13. The van der Waals surface area contributed by atoms with Crippen LogP contribution in [0.15, 0.2) is 0 Å². The van der Waals surface area contributed by atoms with E-state index in [1.807, 2.05) is 0 Å². The van der Waals surface area contributed by atoms with Crippen LogP contribution in [0.3, 0.4) is 0 Å². The molecule has 0 saturated carbocycles. The fourth-order valence-corrected chi connectivity index (χ4v) is 1.53. The number of fused-ring (bicyclic) bond motifs is 1. The van der Waals surface area contributed by atoms with Crippen molar-refractivity contribution in [3.63, 3.8) is 0 Å². The van der Waals surface area contributed by atoms with Crippen LogP contribution >= 0.6 is 0 Å². The third kappa shape index (κ3) is 1.02. The van der Waals surface area contributed by atoms with E-state index in [-0.39, 0.29) is 6.61 Å². The van der Waals surface area contributed by atoms with Gasteiger partial charge in [0.25, 0.3) is 0 Å². The van der Waals surface area contributed by atoms with Crippen molar-refractivity contribution in [2.24, 2.45) is 0 Å². The fourth-order valence-electron chi connectivity index (χ4n) is 1.53. The number of hydrogen-bond donors (Lipinski definition) is 2. The van der Waals surface area contributed by atoms with Crippen molar-refractivity contribution in [1.29, 1.82) is 0 Å². The molecule has 0 radical (unpaired) electrons. The normalized spacial score (nSPS) is 22.3. The molecule has 1 aliphatic rings. The monoisotopic (exact) mass is 169 g/mol. The van der Waals surface area contributed by atoms with Gasteiger partial charge in [-0.25, -0.2) is 0 Å². The quantitative estimate of drug-likeness (QED) is 0.600. The first-order chi connectivity index (χ1) is 5.83. The van der Waals surface area contributed by atoms with Gasteiger partial charge in [-0.3, -0.25) is 0 Å². The molecule has 0 fully saturated rings. The van der Waals surface area contributed by atoms with Gasteiger partial charge in [-0.1, -0.05) is 0 Å². The van der Waals surface area contributed by atoms with Crippen LogP contribution in [0, 0.1) is 0 Å². The van der Waals surface area contributed by atoms with Gasteiger partial charge in [0.15, 0.2) is 11.6 Å². The van der Waals surface area contributed by atoms with Gasteiger partial charge < -0.3 is 14.8 Å². The van der Waals surface area contributed by atoms with E-state index in [0.717, 1.165) is 19.4 Å². The van der Waals surface area contributed by atoms with Gasteiger partial charge in [0.2, 0.25) is 0 Å². The summed E-state index contributed by atoms with van der Waals surface area (Å²) in [7, 11) is 0. The minimum Gasteiger partial charge on any atom is -0.388 e. The molecule has 66 valence electrons. The molecular weight excluding hydrogens is 158 g/mol. The number of aliphatic hydroxyl groups is 2. The van der Waals surface area contributed by atoms with Crippen molar-refractivity contribution in [2.45, 2.75) is 32.1 Å². The highest BCUT2D eigenvalue weighted by Gasteiger charge is 2.22. The van der Waals surface area contributed by atoms with Crippen LogP contribution in [0.5, 0.6) is 0 Å². The Morgan fingerprint density at radius 3 is 3.08 bits per heavy atom. The van der Waals surface area contributed by atoms with Crippen LogP contribution < -0.4 is 0 Å². The summed E-state index contributed by atoms with van der Waals surface area (Å²) >= 11 is 0. The summed E-state index contributed by atoms with van der Waals surface area (Å²) in [5.41, 5.74) is 0. The Bertz CT molecular complexity index is 284. The Labute approximate surface area is 69.7 Å². The molecule has 2 rings (SSSR count). The first kappa shape index (κ1) is 7.70. The van der Waals surface area contributed by atoms with Gasteiger partial charge >= 0.3 is 0 Å². The number of aliphatic hydroxyl groups excluding tert-OH is 2. The van der Waals surface area contributed by atoms with Gasteiger partial charge in [-0.2, -0.15) is 0 Å². The van der Waals surface area contributed by atoms with E-state index in [1.54, 1.807) is 4.57 Å². The zero-order chi connectivity index (χ0) is 8.55. The first-order valence-electron chi connectivity index (χ1n) is 4.04. The maximum absolute atomic E-state index is 9.47. The van der Waals surface area contributed by atoms with Crippen molar-refractivity contribution in [2.75, 3.05) is 0 Å². The molecule has 1 aromatic heterocycles. The molecule has 0 aromatic carbocycles. The van der Waals surface area contributed by atoms with E-state index < -0.39 is 6.10 Å². The lowest BCUT2D eigenvalue weighted by Crippen LogP contribution is -2.17. The predicted octanol–water partition coefficient (Wildman–Crippen LogP) is -0.402. The van der Waals surface area contributed by atoms with Crippen molar-refractivity contribution in [3.05, 3.63) is 11.6 Å². The molecule has 12 heavy (non-hydrogen) atoms. The van der Waals surface area contributed by atoms with Crippen LogP contribution in [0.25, 0.3) is 0 Å². The second-order valence-electron chi connectivity index (χ2n) is 2.94. The minimum absolute atomic E-state index is 0.111. The maximum Gasteiger partial charge on any atom is 0.162 e. The first-order valence-corrected chi connectivity index (χ1v) is 4.04. The third-order valence-corrected chi connectivity index (χ3v) is 2.15. The Balaban J connectivity index is 2.41. The molecule has 0 bridgehead atoms. The Kier molecular flexibility index (Phi) is 1.82. The van der Waals surface area contributed by atoms with Gasteiger partial charge in [0, 0.05) is 6.54 Å². The van der Waals surface area contributed by atoms with Gasteiger partial charge in [0.05, 0.1) is 0 Å². The van der Waals surface area contributed by atoms with E-state index in [4.69, 9.17) is 5.11 Å². The molecule has 5 heteroatoms. The van der Waals surface area contributed by atoms with Gasteiger partial charge in [0.1, 0.15) is 12.7 Å². The average Bonchev–Trinajstić information content (AvgIpc) is 2.49. The molecule has 2 heterocycles. The molecule has 1 aliphatic heterocycles. The SMILES string of the molecule is OCc1nnc2n1CCCC2O. The second kappa shape index (κ2) is 2.84. The lowest BCUT2D eigenvalue weighted by Gasteiger charge is -2.18. The second-order valence-corrected chi connectivity index (χ2v) is 2.94. The topological polar surface area (TPSA) is 71.2 Å². The summed E-state index contributed by atoms with van der Waals surface area (Å²) in [6.45, 7) is 0.689. The number of hydrogen-bond acceptors (Lipinski definition) is 4. The zero-order valence-electron chi connectivity index (χ0n) is 6.64. The zero-order valence-corrected chi connectivity index (χ0v) is 6.64. The number of aromatic nitrogens is 3. The molecule has 1 atom stereocenters. The Morgan fingerprint density at radius 1 is 1.50 bits per heavy atom. The minimum atomic E-state index is -0.508. The maximum atomic E-state index is 9.47.